The molecule has 152 valence electrons. The molecule has 7 nitrogen and oxygen atoms in total. The van der Waals surface area contributed by atoms with Crippen molar-refractivity contribution in [1.82, 2.24) is 10.3 Å². The number of furan rings is 1. The molecule has 0 fully saturated rings. The van der Waals surface area contributed by atoms with Crippen molar-refractivity contribution in [2.75, 3.05) is 18.5 Å². The van der Waals surface area contributed by atoms with E-state index in [9.17, 15) is 9.59 Å². The molecule has 2 amide bonds. The summed E-state index contributed by atoms with van der Waals surface area (Å²) in [4.78, 5) is 28.6. The second-order valence-electron chi connectivity index (χ2n) is 6.58. The van der Waals surface area contributed by atoms with Crippen LogP contribution < -0.4 is 15.4 Å². The number of benzene rings is 1. The summed E-state index contributed by atoms with van der Waals surface area (Å²) in [5.41, 5.74) is 3.20. The lowest BCUT2D eigenvalue weighted by Gasteiger charge is -2.12. The van der Waals surface area contributed by atoms with Gasteiger partial charge in [0.25, 0.3) is 5.91 Å². The van der Waals surface area contributed by atoms with Crippen molar-refractivity contribution in [3.8, 4) is 5.75 Å². The van der Waals surface area contributed by atoms with E-state index in [1.807, 2.05) is 32.0 Å². The van der Waals surface area contributed by atoms with Gasteiger partial charge in [-0.3, -0.25) is 14.9 Å². The summed E-state index contributed by atoms with van der Waals surface area (Å²) in [7, 11) is 0. The Morgan fingerprint density at radius 3 is 2.62 bits per heavy atom. The Morgan fingerprint density at radius 1 is 1.17 bits per heavy atom. The molecule has 0 aliphatic rings. The number of hydrogen-bond acceptors (Lipinski definition) is 6. The first-order chi connectivity index (χ1) is 13.9. The maximum atomic E-state index is 12.2. The molecule has 29 heavy (non-hydrogen) atoms. The minimum atomic E-state index is -0.287. The first kappa shape index (κ1) is 20.6. The van der Waals surface area contributed by atoms with Crippen LogP contribution in [0.5, 0.6) is 5.75 Å². The number of anilines is 1. The Labute approximate surface area is 173 Å². The van der Waals surface area contributed by atoms with E-state index in [-0.39, 0.29) is 18.2 Å². The Bertz CT molecular complexity index is 989. The average molecular weight is 413 g/mol. The summed E-state index contributed by atoms with van der Waals surface area (Å²) < 4.78 is 10.9. The fourth-order valence-electron chi connectivity index (χ4n) is 2.83. The maximum Gasteiger partial charge on any atom is 0.260 e. The van der Waals surface area contributed by atoms with E-state index in [4.69, 9.17) is 9.15 Å². The Morgan fingerprint density at radius 2 is 1.93 bits per heavy atom. The topological polar surface area (TPSA) is 93.5 Å². The van der Waals surface area contributed by atoms with E-state index in [1.165, 1.54) is 17.6 Å². The van der Waals surface area contributed by atoms with Crippen LogP contribution in [0.4, 0.5) is 5.13 Å². The number of hydrogen-bond donors (Lipinski definition) is 2. The third-order valence-electron chi connectivity index (χ3n) is 4.30. The van der Waals surface area contributed by atoms with Gasteiger partial charge in [0.2, 0.25) is 5.91 Å². The first-order valence-corrected chi connectivity index (χ1v) is 10.1. The Balaban J connectivity index is 1.43. The summed E-state index contributed by atoms with van der Waals surface area (Å²) >= 11 is 1.27. The predicted molar refractivity (Wildman–Crippen MR) is 112 cm³/mol. The van der Waals surface area contributed by atoms with Crippen molar-refractivity contribution in [2.24, 2.45) is 0 Å². The second kappa shape index (κ2) is 9.38. The highest BCUT2D eigenvalue weighted by Gasteiger charge is 2.14. The molecular weight excluding hydrogens is 390 g/mol. The molecule has 0 radical (unpaired) electrons. The second-order valence-corrected chi connectivity index (χ2v) is 7.44. The number of rotatable bonds is 8. The van der Waals surface area contributed by atoms with Gasteiger partial charge in [-0.05, 0) is 38.0 Å². The normalized spacial score (nSPS) is 10.6. The van der Waals surface area contributed by atoms with Gasteiger partial charge >= 0.3 is 0 Å². The van der Waals surface area contributed by atoms with Gasteiger partial charge < -0.3 is 14.5 Å². The molecule has 0 saturated heterocycles. The Hall–Kier alpha value is -3.13. The van der Waals surface area contributed by atoms with Crippen LogP contribution in [-0.2, 0) is 11.2 Å². The summed E-state index contributed by atoms with van der Waals surface area (Å²) in [6.45, 7) is 6.50. The van der Waals surface area contributed by atoms with Gasteiger partial charge in [0.05, 0.1) is 30.5 Å². The van der Waals surface area contributed by atoms with Crippen LogP contribution in [0.25, 0.3) is 0 Å². The molecule has 3 aromatic rings. The number of nitrogens with zero attached hydrogens (tertiary/aromatic N) is 1. The van der Waals surface area contributed by atoms with Crippen molar-refractivity contribution in [3.05, 3.63) is 64.1 Å². The van der Waals surface area contributed by atoms with E-state index in [1.54, 1.807) is 18.4 Å². The van der Waals surface area contributed by atoms with Crippen molar-refractivity contribution >= 4 is 28.3 Å². The van der Waals surface area contributed by atoms with Gasteiger partial charge in [-0.15, -0.1) is 11.3 Å². The highest BCUT2D eigenvalue weighted by atomic mass is 32.1. The maximum absolute atomic E-state index is 12.2. The number of nitrogens with one attached hydrogen (secondary N) is 2. The zero-order valence-corrected chi connectivity index (χ0v) is 17.4. The predicted octanol–water partition coefficient (Wildman–Crippen LogP) is 3.65. The van der Waals surface area contributed by atoms with Gasteiger partial charge in [0, 0.05) is 5.38 Å². The molecule has 0 atom stereocenters. The standard InChI is InChI=1S/C21H23N3O4S/c1-13-5-4-6-14(2)19(13)28-10-8-22-18(25)11-16-12-29-21(23-16)24-20(26)17-7-9-27-15(17)3/h4-7,9,12H,8,10-11H2,1-3H3,(H,22,25)(H,23,24,26). The van der Waals surface area contributed by atoms with Crippen LogP contribution in [0.1, 0.15) is 32.9 Å². The number of amides is 2. The van der Waals surface area contributed by atoms with E-state index < -0.39 is 0 Å². The monoisotopic (exact) mass is 413 g/mol. The average Bonchev–Trinajstić information content (AvgIpc) is 3.29. The van der Waals surface area contributed by atoms with Crippen LogP contribution in [0.15, 0.2) is 40.3 Å². The van der Waals surface area contributed by atoms with Crippen molar-refractivity contribution < 1.29 is 18.7 Å². The molecule has 2 N–H and O–H groups in total. The van der Waals surface area contributed by atoms with Crippen LogP contribution >= 0.6 is 11.3 Å². The molecule has 2 aromatic heterocycles. The van der Waals surface area contributed by atoms with Crippen LogP contribution in [0, 0.1) is 20.8 Å². The van der Waals surface area contributed by atoms with Crippen molar-refractivity contribution in [1.29, 1.82) is 0 Å². The molecule has 0 aliphatic heterocycles. The third-order valence-corrected chi connectivity index (χ3v) is 5.10. The summed E-state index contributed by atoms with van der Waals surface area (Å²) in [6, 6.07) is 7.58. The number of carbonyl (C=O) groups is 2. The number of aryl methyl sites for hydroxylation is 3. The summed E-state index contributed by atoms with van der Waals surface area (Å²) in [5.74, 6) is 0.963. The number of carbonyl (C=O) groups excluding carboxylic acids is 2. The number of thiazole rings is 1. The minimum absolute atomic E-state index is 0.139. The molecule has 0 bridgehead atoms. The number of aromatic nitrogens is 1. The van der Waals surface area contributed by atoms with Crippen LogP contribution in [0.2, 0.25) is 0 Å². The van der Waals surface area contributed by atoms with Crippen molar-refractivity contribution in [2.45, 2.75) is 27.2 Å². The van der Waals surface area contributed by atoms with Gasteiger partial charge in [-0.25, -0.2) is 4.98 Å². The molecule has 0 spiro atoms. The lowest BCUT2D eigenvalue weighted by atomic mass is 10.1. The molecule has 8 heteroatoms. The summed E-state index contributed by atoms with van der Waals surface area (Å²) in [6.07, 6.45) is 1.60. The van der Waals surface area contributed by atoms with E-state index >= 15 is 0 Å². The van der Waals surface area contributed by atoms with Crippen LogP contribution in [0.3, 0.4) is 0 Å². The highest BCUT2D eigenvalue weighted by Crippen LogP contribution is 2.22. The van der Waals surface area contributed by atoms with Crippen molar-refractivity contribution in [3.63, 3.8) is 0 Å². The van der Waals surface area contributed by atoms with Gasteiger partial charge in [-0.1, -0.05) is 18.2 Å². The molecular formula is C21H23N3O4S. The lowest BCUT2D eigenvalue weighted by molar-refractivity contribution is -0.120. The van der Waals surface area contributed by atoms with Gasteiger partial charge in [0.15, 0.2) is 5.13 Å². The Kier molecular flexibility index (Phi) is 6.66. The number of ether oxygens (including phenoxy) is 1. The molecule has 3 rings (SSSR count). The minimum Gasteiger partial charge on any atom is -0.491 e. The zero-order chi connectivity index (χ0) is 20.8. The molecule has 0 saturated carbocycles. The first-order valence-electron chi connectivity index (χ1n) is 9.19. The lowest BCUT2D eigenvalue weighted by Crippen LogP contribution is -2.29. The smallest absolute Gasteiger partial charge is 0.260 e. The quantitative estimate of drug-likeness (QED) is 0.550. The largest absolute Gasteiger partial charge is 0.491 e. The van der Waals surface area contributed by atoms with Gasteiger partial charge in [-0.2, -0.15) is 0 Å². The van der Waals surface area contributed by atoms with E-state index in [0.717, 1.165) is 16.9 Å². The molecule has 0 unspecified atom stereocenters. The van der Waals surface area contributed by atoms with Gasteiger partial charge in [0.1, 0.15) is 18.1 Å². The molecule has 1 aromatic carbocycles. The highest BCUT2D eigenvalue weighted by molar-refractivity contribution is 7.14. The fourth-order valence-corrected chi connectivity index (χ4v) is 3.53. The molecule has 2 heterocycles. The fraction of sp³-hybridized carbons (Fsp3) is 0.286. The number of para-hydroxylation sites is 1. The SMILES string of the molecule is Cc1cccc(C)c1OCCNC(=O)Cc1csc(NC(=O)c2ccoc2C)n1. The summed E-state index contributed by atoms with van der Waals surface area (Å²) in [5, 5.41) is 7.73. The van der Waals surface area contributed by atoms with Crippen LogP contribution in [-0.4, -0.2) is 29.9 Å². The zero-order valence-electron chi connectivity index (χ0n) is 16.6. The van der Waals surface area contributed by atoms with E-state index in [2.05, 4.69) is 15.6 Å². The molecule has 0 aliphatic carbocycles. The third kappa shape index (κ3) is 5.45. The van der Waals surface area contributed by atoms with E-state index in [0.29, 0.717) is 35.3 Å².